The minimum absolute atomic E-state index is 0.714. The van der Waals surface area contributed by atoms with Crippen LogP contribution in [0.15, 0.2) is 48.8 Å². The van der Waals surface area contributed by atoms with E-state index in [2.05, 4.69) is 36.0 Å². The van der Waals surface area contributed by atoms with Crippen molar-refractivity contribution >= 4 is 0 Å². The van der Waals surface area contributed by atoms with Crippen molar-refractivity contribution in [1.82, 2.24) is 4.57 Å². The van der Waals surface area contributed by atoms with E-state index >= 15 is 0 Å². The lowest BCUT2D eigenvalue weighted by Crippen LogP contribution is -2.07. The van der Waals surface area contributed by atoms with Crippen LogP contribution in [0.2, 0.25) is 0 Å². The fourth-order valence-electron chi connectivity index (χ4n) is 1.72. The summed E-state index contributed by atoms with van der Waals surface area (Å²) in [6, 6.07) is 12.3. The maximum atomic E-state index is 5.78. The Bertz CT molecular complexity index is 420. The molecule has 2 nitrogen and oxygen atoms in total. The molecular formula is C14H17NO. The molecule has 0 amide bonds. The van der Waals surface area contributed by atoms with E-state index in [0.29, 0.717) is 6.61 Å². The van der Waals surface area contributed by atoms with Crippen molar-refractivity contribution in [1.29, 1.82) is 0 Å². The first kappa shape index (κ1) is 10.8. The second kappa shape index (κ2) is 5.40. The molecule has 1 aromatic carbocycles. The number of rotatable bonds is 5. The minimum atomic E-state index is 0.714. The van der Waals surface area contributed by atoms with E-state index < -0.39 is 0 Å². The maximum Gasteiger partial charge on any atom is 0.122 e. The number of benzene rings is 1. The molecule has 1 heterocycles. The lowest BCUT2D eigenvalue weighted by Gasteiger charge is -2.10. The van der Waals surface area contributed by atoms with Gasteiger partial charge in [-0.2, -0.15) is 0 Å². The van der Waals surface area contributed by atoms with Crippen molar-refractivity contribution in [3.63, 3.8) is 0 Å². The van der Waals surface area contributed by atoms with Gasteiger partial charge < -0.3 is 9.30 Å². The summed E-state index contributed by atoms with van der Waals surface area (Å²) in [4.78, 5) is 0. The van der Waals surface area contributed by atoms with Crippen molar-refractivity contribution in [3.05, 3.63) is 54.4 Å². The number of nitrogens with zero attached hydrogens (tertiary/aromatic N) is 1. The number of para-hydroxylation sites is 1. The van der Waals surface area contributed by atoms with Gasteiger partial charge in [0.1, 0.15) is 12.4 Å². The van der Waals surface area contributed by atoms with Crippen molar-refractivity contribution in [2.45, 2.75) is 19.9 Å². The van der Waals surface area contributed by atoms with Gasteiger partial charge in [-0.1, -0.05) is 25.1 Å². The first-order valence-corrected chi connectivity index (χ1v) is 5.71. The second-order valence-electron chi connectivity index (χ2n) is 3.73. The lowest BCUT2D eigenvalue weighted by molar-refractivity contribution is 0.296. The first-order valence-electron chi connectivity index (χ1n) is 5.71. The molecule has 0 aliphatic rings. The van der Waals surface area contributed by atoms with Crippen LogP contribution in [0.1, 0.15) is 12.5 Å². The molecule has 0 aliphatic carbocycles. The van der Waals surface area contributed by atoms with E-state index in [1.54, 1.807) is 0 Å². The Morgan fingerprint density at radius 2 is 1.81 bits per heavy atom. The number of hydrogen-bond acceptors (Lipinski definition) is 1. The fraction of sp³-hybridized carbons (Fsp3) is 0.286. The fourth-order valence-corrected chi connectivity index (χ4v) is 1.72. The molecule has 2 heteroatoms. The normalized spacial score (nSPS) is 10.3. The highest BCUT2D eigenvalue weighted by molar-refractivity contribution is 5.33. The third-order valence-electron chi connectivity index (χ3n) is 2.63. The van der Waals surface area contributed by atoms with E-state index in [4.69, 9.17) is 4.74 Å². The Hall–Kier alpha value is -1.70. The number of aryl methyl sites for hydroxylation is 1. The van der Waals surface area contributed by atoms with Crippen LogP contribution in [0, 0.1) is 0 Å². The quantitative estimate of drug-likeness (QED) is 0.747. The van der Waals surface area contributed by atoms with Gasteiger partial charge in [0, 0.05) is 12.4 Å². The van der Waals surface area contributed by atoms with Gasteiger partial charge in [0.05, 0.1) is 6.54 Å². The topological polar surface area (TPSA) is 14.2 Å². The molecule has 1 aromatic heterocycles. The molecule has 0 unspecified atom stereocenters. The molecule has 84 valence electrons. The summed E-state index contributed by atoms with van der Waals surface area (Å²) in [5.74, 6) is 1.01. The van der Waals surface area contributed by atoms with Gasteiger partial charge in [-0.25, -0.2) is 0 Å². The number of aromatic nitrogens is 1. The molecule has 2 rings (SSSR count). The van der Waals surface area contributed by atoms with Gasteiger partial charge in [-0.05, 0) is 30.2 Å². The Labute approximate surface area is 96.5 Å². The van der Waals surface area contributed by atoms with Crippen molar-refractivity contribution in [2.75, 3.05) is 6.61 Å². The van der Waals surface area contributed by atoms with E-state index in [-0.39, 0.29) is 0 Å². The summed E-state index contributed by atoms with van der Waals surface area (Å²) < 4.78 is 7.90. The van der Waals surface area contributed by atoms with Crippen LogP contribution in [0.5, 0.6) is 5.75 Å². The highest BCUT2D eigenvalue weighted by Gasteiger charge is 1.99. The predicted molar refractivity (Wildman–Crippen MR) is 65.7 cm³/mol. The molecule has 0 saturated carbocycles. The summed E-state index contributed by atoms with van der Waals surface area (Å²) in [6.07, 6.45) is 5.11. The smallest absolute Gasteiger partial charge is 0.122 e. The lowest BCUT2D eigenvalue weighted by atomic mass is 10.1. The zero-order valence-corrected chi connectivity index (χ0v) is 9.60. The Kier molecular flexibility index (Phi) is 3.65. The summed E-state index contributed by atoms with van der Waals surface area (Å²) in [6.45, 7) is 3.75. The maximum absolute atomic E-state index is 5.78. The summed E-state index contributed by atoms with van der Waals surface area (Å²) in [5.41, 5.74) is 1.27. The zero-order chi connectivity index (χ0) is 11.2. The second-order valence-corrected chi connectivity index (χ2v) is 3.73. The standard InChI is InChI=1S/C14H17NO/c1-2-13-7-3-4-8-14(13)16-12-11-15-9-5-6-10-15/h3-10H,2,11-12H2,1H3. The molecule has 0 spiro atoms. The van der Waals surface area contributed by atoms with E-state index in [0.717, 1.165) is 18.7 Å². The third kappa shape index (κ3) is 2.66. The summed E-state index contributed by atoms with van der Waals surface area (Å²) in [7, 11) is 0. The monoisotopic (exact) mass is 215 g/mol. The van der Waals surface area contributed by atoms with Gasteiger partial charge in [0.2, 0.25) is 0 Å². The Balaban J connectivity index is 1.89. The van der Waals surface area contributed by atoms with Gasteiger partial charge in [-0.3, -0.25) is 0 Å². The van der Waals surface area contributed by atoms with Gasteiger partial charge >= 0.3 is 0 Å². The van der Waals surface area contributed by atoms with Crippen LogP contribution < -0.4 is 4.74 Å². The SMILES string of the molecule is CCc1ccccc1OCCn1cccc1. The summed E-state index contributed by atoms with van der Waals surface area (Å²) in [5, 5.41) is 0. The molecule has 0 aliphatic heterocycles. The summed E-state index contributed by atoms with van der Waals surface area (Å²) >= 11 is 0. The van der Waals surface area contributed by atoms with Crippen LogP contribution in [-0.4, -0.2) is 11.2 Å². The van der Waals surface area contributed by atoms with Crippen LogP contribution in [0.4, 0.5) is 0 Å². The third-order valence-corrected chi connectivity index (χ3v) is 2.63. The number of hydrogen-bond donors (Lipinski definition) is 0. The highest BCUT2D eigenvalue weighted by atomic mass is 16.5. The van der Waals surface area contributed by atoms with E-state index in [1.807, 2.05) is 24.3 Å². The van der Waals surface area contributed by atoms with Crippen molar-refractivity contribution < 1.29 is 4.74 Å². The average Bonchev–Trinajstić information content (AvgIpc) is 2.83. The van der Waals surface area contributed by atoms with E-state index in [1.165, 1.54) is 5.56 Å². The number of ether oxygens (including phenoxy) is 1. The molecule has 0 N–H and O–H groups in total. The average molecular weight is 215 g/mol. The zero-order valence-electron chi connectivity index (χ0n) is 9.60. The molecule has 0 atom stereocenters. The Morgan fingerprint density at radius 3 is 2.56 bits per heavy atom. The Morgan fingerprint density at radius 1 is 1.06 bits per heavy atom. The molecule has 0 fully saturated rings. The van der Waals surface area contributed by atoms with Crippen molar-refractivity contribution in [3.8, 4) is 5.75 Å². The minimum Gasteiger partial charge on any atom is -0.491 e. The van der Waals surface area contributed by atoms with Crippen LogP contribution >= 0.6 is 0 Å². The van der Waals surface area contributed by atoms with Crippen molar-refractivity contribution in [2.24, 2.45) is 0 Å². The first-order chi connectivity index (χ1) is 7.90. The molecule has 0 bridgehead atoms. The molecule has 0 saturated heterocycles. The predicted octanol–water partition coefficient (Wildman–Crippen LogP) is 3.13. The molecule has 16 heavy (non-hydrogen) atoms. The van der Waals surface area contributed by atoms with E-state index in [9.17, 15) is 0 Å². The van der Waals surface area contributed by atoms with Gasteiger partial charge in [0.25, 0.3) is 0 Å². The molecule has 0 radical (unpaired) electrons. The van der Waals surface area contributed by atoms with Gasteiger partial charge in [-0.15, -0.1) is 0 Å². The molecular weight excluding hydrogens is 198 g/mol. The van der Waals surface area contributed by atoms with Gasteiger partial charge in [0.15, 0.2) is 0 Å². The largest absolute Gasteiger partial charge is 0.491 e. The van der Waals surface area contributed by atoms with Crippen LogP contribution in [0.3, 0.4) is 0 Å². The highest BCUT2D eigenvalue weighted by Crippen LogP contribution is 2.18. The molecule has 2 aromatic rings. The van der Waals surface area contributed by atoms with Crippen LogP contribution in [0.25, 0.3) is 0 Å². The van der Waals surface area contributed by atoms with Crippen LogP contribution in [-0.2, 0) is 13.0 Å².